The van der Waals surface area contributed by atoms with E-state index in [1.807, 2.05) is 4.90 Å². The summed E-state index contributed by atoms with van der Waals surface area (Å²) in [6, 6.07) is 0. The molecule has 4 aliphatic rings. The van der Waals surface area contributed by atoms with Crippen LogP contribution < -0.4 is 0 Å². The van der Waals surface area contributed by atoms with Crippen molar-refractivity contribution < 1.29 is 32.7 Å². The number of alkyl halides is 3. The van der Waals surface area contributed by atoms with Crippen LogP contribution in [0.1, 0.15) is 49.0 Å². The van der Waals surface area contributed by atoms with Crippen LogP contribution in [0.2, 0.25) is 0 Å². The molecule has 5 rings (SSSR count). The van der Waals surface area contributed by atoms with E-state index in [1.54, 1.807) is 18.6 Å². The molecular weight excluding hydrogens is 479 g/mol. The Morgan fingerprint density at radius 2 is 1.64 bits per heavy atom. The fourth-order valence-electron chi connectivity index (χ4n) is 6.71. The molecule has 9 nitrogen and oxygen atoms in total. The van der Waals surface area contributed by atoms with E-state index in [0.29, 0.717) is 17.5 Å². The summed E-state index contributed by atoms with van der Waals surface area (Å²) in [7, 11) is 2.16. The number of aliphatic carboxylic acids is 1. The summed E-state index contributed by atoms with van der Waals surface area (Å²) in [6.45, 7) is 5.29. The van der Waals surface area contributed by atoms with Crippen molar-refractivity contribution in [2.75, 3.05) is 46.3 Å². The number of fused-ring (bicyclic) bond motifs is 2. The summed E-state index contributed by atoms with van der Waals surface area (Å²) >= 11 is 0. The smallest absolute Gasteiger partial charge is 0.475 e. The first kappa shape index (κ1) is 26.3. The second-order valence-corrected chi connectivity index (χ2v) is 10.5. The van der Waals surface area contributed by atoms with Crippen LogP contribution in [0, 0.1) is 16.7 Å². The van der Waals surface area contributed by atoms with Crippen LogP contribution in [0.25, 0.3) is 0 Å². The number of hydrogen-bond donors (Lipinski definition) is 1. The third-order valence-electron chi connectivity index (χ3n) is 8.41. The van der Waals surface area contributed by atoms with Crippen molar-refractivity contribution in [1.29, 1.82) is 0 Å². The van der Waals surface area contributed by atoms with Gasteiger partial charge in [0.05, 0.1) is 11.6 Å². The molecule has 2 amide bonds. The molecule has 198 valence electrons. The quantitative estimate of drug-likeness (QED) is 0.649. The second kappa shape index (κ2) is 9.95. The molecule has 3 saturated heterocycles. The van der Waals surface area contributed by atoms with Gasteiger partial charge in [0, 0.05) is 51.7 Å². The molecule has 1 aromatic heterocycles. The van der Waals surface area contributed by atoms with E-state index in [2.05, 4.69) is 26.8 Å². The molecule has 0 radical (unpaired) electrons. The fraction of sp³-hybridized carbons (Fsp3) is 0.708. The third kappa shape index (κ3) is 4.91. The number of halogens is 3. The van der Waals surface area contributed by atoms with Crippen molar-refractivity contribution in [3.05, 3.63) is 24.3 Å². The molecule has 0 aromatic carbocycles. The number of rotatable bonds is 2. The van der Waals surface area contributed by atoms with Crippen molar-refractivity contribution in [3.63, 3.8) is 0 Å². The zero-order valence-corrected chi connectivity index (χ0v) is 20.3. The standard InChI is InChI=1S/C22H31N5O2.C2HF3O2/c1-25-15-18-21(4-5-22(18,16-25)20(29)27-10-2-3-11-27)6-12-26(13-7-21)19(28)17-14-23-8-9-24-17;3-2(4,5)1(6)7/h8-9,14,18H,2-7,10-13,15-16H2,1H3;(H,6,7)/t18-,22+;/m0./s1. The minimum atomic E-state index is -5.08. The van der Waals surface area contributed by atoms with Crippen LogP contribution in [0.3, 0.4) is 0 Å². The van der Waals surface area contributed by atoms with Gasteiger partial charge in [-0.15, -0.1) is 0 Å². The molecule has 1 N–H and O–H groups in total. The Balaban J connectivity index is 0.000000384. The molecule has 12 heteroatoms. The summed E-state index contributed by atoms with van der Waals surface area (Å²) in [5, 5.41) is 7.12. The van der Waals surface area contributed by atoms with Gasteiger partial charge in [0.2, 0.25) is 5.91 Å². The van der Waals surface area contributed by atoms with Crippen LogP contribution in [0.4, 0.5) is 13.2 Å². The SMILES string of the molecule is CN1C[C@H]2C3(CCN(C(=O)c4cnccn4)CC3)CC[C@@]2(C(=O)N2CCCC2)C1.O=C(O)C(F)(F)F. The van der Waals surface area contributed by atoms with E-state index in [-0.39, 0.29) is 16.7 Å². The highest BCUT2D eigenvalue weighted by molar-refractivity contribution is 5.92. The molecule has 3 aliphatic heterocycles. The minimum absolute atomic E-state index is 0.0195. The largest absolute Gasteiger partial charge is 0.490 e. The van der Waals surface area contributed by atoms with Gasteiger partial charge in [-0.2, -0.15) is 13.2 Å². The Hall–Kier alpha value is -2.76. The first-order valence-corrected chi connectivity index (χ1v) is 12.3. The highest BCUT2D eigenvalue weighted by atomic mass is 19.4. The Kier molecular flexibility index (Phi) is 7.27. The number of nitrogens with zero attached hydrogens (tertiary/aromatic N) is 5. The van der Waals surface area contributed by atoms with Crippen molar-refractivity contribution in [2.24, 2.45) is 16.7 Å². The molecule has 1 aliphatic carbocycles. The third-order valence-corrected chi connectivity index (χ3v) is 8.41. The lowest BCUT2D eigenvalue weighted by atomic mass is 9.65. The number of aromatic nitrogens is 2. The van der Waals surface area contributed by atoms with Crippen molar-refractivity contribution in [2.45, 2.75) is 44.7 Å². The van der Waals surface area contributed by atoms with Gasteiger partial charge in [-0.3, -0.25) is 14.6 Å². The Labute approximate surface area is 207 Å². The minimum Gasteiger partial charge on any atom is -0.475 e. The normalized spacial score (nSPS) is 27.5. The average molecular weight is 512 g/mol. The average Bonchev–Trinajstić information content (AvgIpc) is 3.57. The van der Waals surface area contributed by atoms with Gasteiger partial charge in [-0.1, -0.05) is 0 Å². The number of piperidine rings is 1. The lowest BCUT2D eigenvalue weighted by molar-refractivity contribution is -0.192. The molecule has 1 aromatic rings. The van der Waals surface area contributed by atoms with E-state index in [0.717, 1.165) is 77.8 Å². The second-order valence-electron chi connectivity index (χ2n) is 10.5. The van der Waals surface area contributed by atoms with E-state index < -0.39 is 12.1 Å². The summed E-state index contributed by atoms with van der Waals surface area (Å²) < 4.78 is 31.7. The van der Waals surface area contributed by atoms with Gasteiger partial charge < -0.3 is 19.8 Å². The maximum absolute atomic E-state index is 13.6. The van der Waals surface area contributed by atoms with E-state index in [1.165, 1.54) is 0 Å². The topological polar surface area (TPSA) is 107 Å². The monoisotopic (exact) mass is 511 g/mol. The fourth-order valence-corrected chi connectivity index (χ4v) is 6.71. The van der Waals surface area contributed by atoms with Crippen LogP contribution in [0.5, 0.6) is 0 Å². The predicted octanol–water partition coefficient (Wildman–Crippen LogP) is 2.30. The number of likely N-dealkylation sites (tertiary alicyclic amines) is 3. The van der Waals surface area contributed by atoms with Crippen LogP contribution >= 0.6 is 0 Å². The van der Waals surface area contributed by atoms with Crippen LogP contribution in [-0.4, -0.2) is 100 Å². The molecule has 1 spiro atoms. The maximum Gasteiger partial charge on any atom is 0.490 e. The highest BCUT2D eigenvalue weighted by Gasteiger charge is 2.64. The van der Waals surface area contributed by atoms with Crippen LogP contribution in [0.15, 0.2) is 18.6 Å². The summed E-state index contributed by atoms with van der Waals surface area (Å²) in [6.07, 6.45) is 6.04. The van der Waals surface area contributed by atoms with Gasteiger partial charge >= 0.3 is 12.1 Å². The molecule has 4 fully saturated rings. The Bertz CT molecular complexity index is 978. The Morgan fingerprint density at radius 1 is 1.00 bits per heavy atom. The van der Waals surface area contributed by atoms with Gasteiger partial charge in [-0.05, 0) is 56.9 Å². The summed E-state index contributed by atoms with van der Waals surface area (Å²) in [5.74, 6) is -1.94. The number of amides is 2. The molecule has 2 atom stereocenters. The number of carbonyl (C=O) groups excluding carboxylic acids is 2. The molecule has 0 unspecified atom stereocenters. The summed E-state index contributed by atoms with van der Waals surface area (Å²) in [4.78, 5) is 49.9. The summed E-state index contributed by atoms with van der Waals surface area (Å²) in [5.41, 5.74) is 0.421. The van der Waals surface area contributed by atoms with Gasteiger partial charge in [0.15, 0.2) is 0 Å². The zero-order valence-electron chi connectivity index (χ0n) is 20.3. The first-order valence-electron chi connectivity index (χ1n) is 12.3. The van der Waals surface area contributed by atoms with E-state index >= 15 is 0 Å². The number of carboxylic acids is 1. The highest BCUT2D eigenvalue weighted by Crippen LogP contribution is 2.62. The Morgan fingerprint density at radius 3 is 2.19 bits per heavy atom. The van der Waals surface area contributed by atoms with Gasteiger partial charge in [0.25, 0.3) is 5.91 Å². The first-order chi connectivity index (χ1) is 17.0. The molecule has 0 bridgehead atoms. The lowest BCUT2D eigenvalue weighted by Gasteiger charge is -2.44. The van der Waals surface area contributed by atoms with Crippen LogP contribution in [-0.2, 0) is 9.59 Å². The van der Waals surface area contributed by atoms with Crippen molar-refractivity contribution in [3.8, 4) is 0 Å². The zero-order chi connectivity index (χ0) is 26.1. The number of carbonyl (C=O) groups is 3. The van der Waals surface area contributed by atoms with Gasteiger partial charge in [-0.25, -0.2) is 9.78 Å². The number of hydrogen-bond acceptors (Lipinski definition) is 6. The van der Waals surface area contributed by atoms with Crippen molar-refractivity contribution in [1.82, 2.24) is 24.7 Å². The molecule has 36 heavy (non-hydrogen) atoms. The van der Waals surface area contributed by atoms with Crippen molar-refractivity contribution >= 4 is 17.8 Å². The molecule has 4 heterocycles. The predicted molar refractivity (Wildman–Crippen MR) is 122 cm³/mol. The van der Waals surface area contributed by atoms with Gasteiger partial charge in [0.1, 0.15) is 5.69 Å². The number of carboxylic acid groups (broad SMARTS) is 1. The molecule has 1 saturated carbocycles. The lowest BCUT2D eigenvalue weighted by Crippen LogP contribution is -2.50. The van der Waals surface area contributed by atoms with E-state index in [9.17, 15) is 22.8 Å². The maximum atomic E-state index is 13.6. The van der Waals surface area contributed by atoms with E-state index in [4.69, 9.17) is 9.90 Å². The molecular formula is C24H32F3N5O4.